The molecule has 0 radical (unpaired) electrons. The maximum Gasteiger partial charge on any atom is 0.306 e. The maximum absolute atomic E-state index is 11.0. The van der Waals surface area contributed by atoms with E-state index in [1.165, 1.54) is 32.1 Å². The Morgan fingerprint density at radius 3 is 2.42 bits per heavy atom. The summed E-state index contributed by atoms with van der Waals surface area (Å²) in [5.74, 6) is 0.228. The lowest BCUT2D eigenvalue weighted by Gasteiger charge is -2.28. The lowest BCUT2D eigenvalue weighted by molar-refractivity contribution is -0.170. The lowest BCUT2D eigenvalue weighted by Crippen LogP contribution is -2.30. The summed E-state index contributed by atoms with van der Waals surface area (Å²) >= 11 is 0. The quantitative estimate of drug-likeness (QED) is 0.108. The number of ether oxygens (including phenoxy) is 3. The highest BCUT2D eigenvalue weighted by Crippen LogP contribution is 2.37. The van der Waals surface area contributed by atoms with Gasteiger partial charge in [0.15, 0.2) is 5.79 Å². The van der Waals surface area contributed by atoms with E-state index in [0.717, 1.165) is 64.6 Å². The second-order valence-corrected chi connectivity index (χ2v) is 9.75. The smallest absolute Gasteiger partial charge is 0.306 e. The van der Waals surface area contributed by atoms with Gasteiger partial charge in [-0.2, -0.15) is 4.91 Å². The SMILES string of the molecule is C/C=C\CCCC(=O)OC(C)C.CCCCCCCC1(CCC2CCC(N=O)C2)OCCO1. The third-order valence-corrected chi connectivity index (χ3v) is 6.43. The average molecular weight is 468 g/mol. The summed E-state index contributed by atoms with van der Waals surface area (Å²) in [4.78, 5) is 21.6. The van der Waals surface area contributed by atoms with Crippen molar-refractivity contribution in [2.75, 3.05) is 13.2 Å². The van der Waals surface area contributed by atoms with Gasteiger partial charge in [-0.3, -0.25) is 4.79 Å². The standard InChI is InChI=1S/C17H31NO3.C10H18O2/c1-2-3-4-5-6-10-17(20-12-13-21-17)11-9-15-7-8-16(14-15)18-19;1-4-5-6-7-8-10(11)12-9(2)3/h15-16H,2-14H2,1H3;4-5,9H,6-8H2,1-3H3/b;5-4-. The predicted molar refractivity (Wildman–Crippen MR) is 134 cm³/mol. The molecule has 2 fully saturated rings. The molecule has 6 heteroatoms. The molecule has 33 heavy (non-hydrogen) atoms. The highest BCUT2D eigenvalue weighted by atomic mass is 16.7. The summed E-state index contributed by atoms with van der Waals surface area (Å²) in [6, 6.07) is 0.0606. The van der Waals surface area contributed by atoms with Crippen LogP contribution in [0.25, 0.3) is 0 Å². The fourth-order valence-electron chi connectivity index (χ4n) is 4.59. The van der Waals surface area contributed by atoms with Crippen LogP contribution in [0.4, 0.5) is 0 Å². The summed E-state index contributed by atoms with van der Waals surface area (Å²) in [5, 5.41) is 3.20. The Morgan fingerprint density at radius 2 is 1.82 bits per heavy atom. The third-order valence-electron chi connectivity index (χ3n) is 6.43. The first-order valence-corrected chi connectivity index (χ1v) is 13.4. The predicted octanol–water partition coefficient (Wildman–Crippen LogP) is 7.49. The fraction of sp³-hybridized carbons (Fsp3) is 0.889. The zero-order valence-electron chi connectivity index (χ0n) is 21.7. The van der Waals surface area contributed by atoms with Crippen molar-refractivity contribution in [1.82, 2.24) is 0 Å². The molecule has 0 spiro atoms. The monoisotopic (exact) mass is 467 g/mol. The normalized spacial score (nSPS) is 21.8. The van der Waals surface area contributed by atoms with Gasteiger partial charge in [0.25, 0.3) is 0 Å². The summed E-state index contributed by atoms with van der Waals surface area (Å²) in [7, 11) is 0. The highest BCUT2D eigenvalue weighted by molar-refractivity contribution is 5.69. The molecule has 1 heterocycles. The van der Waals surface area contributed by atoms with Crippen LogP contribution in [-0.4, -0.2) is 37.1 Å². The largest absolute Gasteiger partial charge is 0.463 e. The van der Waals surface area contributed by atoms with Crippen LogP contribution >= 0.6 is 0 Å². The molecule has 0 bridgehead atoms. The van der Waals surface area contributed by atoms with Gasteiger partial charge in [0.2, 0.25) is 0 Å². The lowest BCUT2D eigenvalue weighted by atomic mass is 9.94. The summed E-state index contributed by atoms with van der Waals surface area (Å²) < 4.78 is 16.9. The molecule has 1 saturated heterocycles. The van der Waals surface area contributed by atoms with Gasteiger partial charge in [-0.15, -0.1) is 0 Å². The molecule has 0 aromatic carbocycles. The van der Waals surface area contributed by atoms with Crippen LogP contribution in [0.2, 0.25) is 0 Å². The minimum absolute atomic E-state index is 0.0132. The van der Waals surface area contributed by atoms with Crippen molar-refractivity contribution in [2.45, 2.75) is 136 Å². The van der Waals surface area contributed by atoms with E-state index in [-0.39, 0.29) is 23.9 Å². The maximum atomic E-state index is 11.0. The molecule has 6 nitrogen and oxygen atoms in total. The van der Waals surface area contributed by atoms with E-state index in [1.807, 2.05) is 26.8 Å². The number of nitroso groups, excluding NO2 is 1. The van der Waals surface area contributed by atoms with Gasteiger partial charge in [-0.25, -0.2) is 0 Å². The van der Waals surface area contributed by atoms with E-state index in [4.69, 9.17) is 14.2 Å². The minimum Gasteiger partial charge on any atom is -0.463 e. The number of unbranched alkanes of at least 4 members (excludes halogenated alkanes) is 5. The number of carbonyl (C=O) groups is 1. The molecule has 2 aliphatic rings. The number of esters is 1. The van der Waals surface area contributed by atoms with Crippen LogP contribution in [0.1, 0.15) is 118 Å². The number of hydrogen-bond acceptors (Lipinski definition) is 6. The van der Waals surface area contributed by atoms with Crippen molar-refractivity contribution in [3.05, 3.63) is 17.1 Å². The van der Waals surface area contributed by atoms with Crippen LogP contribution in [-0.2, 0) is 19.0 Å². The van der Waals surface area contributed by atoms with Crippen LogP contribution in [0.15, 0.2) is 17.3 Å². The first-order valence-electron chi connectivity index (χ1n) is 13.4. The Bertz CT molecular complexity index is 543. The molecule has 1 saturated carbocycles. The molecule has 1 aliphatic carbocycles. The zero-order valence-corrected chi connectivity index (χ0v) is 21.7. The van der Waals surface area contributed by atoms with Crippen molar-refractivity contribution < 1.29 is 19.0 Å². The Morgan fingerprint density at radius 1 is 1.09 bits per heavy atom. The molecule has 0 amide bonds. The molecule has 1 aliphatic heterocycles. The molecule has 2 atom stereocenters. The molecule has 0 aromatic heterocycles. The molecular weight excluding hydrogens is 418 g/mol. The highest BCUT2D eigenvalue weighted by Gasteiger charge is 2.37. The molecule has 192 valence electrons. The number of allylic oxidation sites excluding steroid dienone is 2. The second kappa shape index (κ2) is 18.1. The van der Waals surface area contributed by atoms with Crippen LogP contribution in [0.3, 0.4) is 0 Å². The summed E-state index contributed by atoms with van der Waals surface area (Å²) in [5.41, 5.74) is 0. The van der Waals surface area contributed by atoms with E-state index in [9.17, 15) is 9.70 Å². The number of nitrogens with zero attached hydrogens (tertiary/aromatic N) is 1. The Balaban J connectivity index is 0.000000389. The summed E-state index contributed by atoms with van der Waals surface area (Å²) in [6.45, 7) is 9.42. The molecule has 2 rings (SSSR count). The number of carbonyl (C=O) groups excluding carboxylic acids is 1. The molecule has 0 N–H and O–H groups in total. The van der Waals surface area contributed by atoms with E-state index < -0.39 is 0 Å². The van der Waals surface area contributed by atoms with Gasteiger partial charge in [0, 0.05) is 19.3 Å². The molecule has 2 unspecified atom stereocenters. The fourth-order valence-corrected chi connectivity index (χ4v) is 4.59. The van der Waals surface area contributed by atoms with Gasteiger partial charge in [-0.05, 0) is 71.6 Å². The number of hydrogen-bond donors (Lipinski definition) is 0. The van der Waals surface area contributed by atoms with Crippen LogP contribution < -0.4 is 0 Å². The zero-order chi connectivity index (χ0) is 24.4. The second-order valence-electron chi connectivity index (χ2n) is 9.75. The van der Waals surface area contributed by atoms with Crippen LogP contribution in [0, 0.1) is 10.8 Å². The van der Waals surface area contributed by atoms with Crippen molar-refractivity contribution in [3.63, 3.8) is 0 Å². The van der Waals surface area contributed by atoms with Gasteiger partial charge in [-0.1, -0.05) is 49.9 Å². The first kappa shape index (κ1) is 29.8. The van der Waals surface area contributed by atoms with Crippen molar-refractivity contribution in [1.29, 1.82) is 0 Å². The van der Waals surface area contributed by atoms with Gasteiger partial charge in [0.1, 0.15) is 0 Å². The third kappa shape index (κ3) is 13.9. The molecular formula is C27H49NO5. The average Bonchev–Trinajstić information content (AvgIpc) is 3.45. The topological polar surface area (TPSA) is 74.2 Å². The summed E-state index contributed by atoms with van der Waals surface area (Å²) in [6.07, 6.45) is 19.1. The number of rotatable bonds is 15. The Hall–Kier alpha value is -1.27. The van der Waals surface area contributed by atoms with E-state index >= 15 is 0 Å². The van der Waals surface area contributed by atoms with E-state index in [2.05, 4.69) is 18.2 Å². The van der Waals surface area contributed by atoms with Gasteiger partial charge < -0.3 is 14.2 Å². The first-order chi connectivity index (χ1) is 15.9. The minimum atomic E-state index is -0.321. The van der Waals surface area contributed by atoms with Crippen molar-refractivity contribution >= 4 is 5.97 Å². The Labute approximate surface area is 202 Å². The van der Waals surface area contributed by atoms with Crippen molar-refractivity contribution in [2.24, 2.45) is 11.1 Å². The van der Waals surface area contributed by atoms with Gasteiger partial charge in [0.05, 0.1) is 25.4 Å². The van der Waals surface area contributed by atoms with Crippen LogP contribution in [0.5, 0.6) is 0 Å². The van der Waals surface area contributed by atoms with Gasteiger partial charge >= 0.3 is 5.97 Å². The molecule has 0 aromatic rings. The Kier molecular flexibility index (Phi) is 16.3. The van der Waals surface area contributed by atoms with E-state index in [1.54, 1.807) is 0 Å². The van der Waals surface area contributed by atoms with Crippen molar-refractivity contribution in [3.8, 4) is 0 Å². The van der Waals surface area contributed by atoms with E-state index in [0.29, 0.717) is 12.3 Å².